The average Bonchev–Trinajstić information content (AvgIpc) is 3.00. The van der Waals surface area contributed by atoms with E-state index in [4.69, 9.17) is 0 Å². The summed E-state index contributed by atoms with van der Waals surface area (Å²) in [5.74, 6) is 0.830. The van der Waals surface area contributed by atoms with E-state index in [0.29, 0.717) is 11.6 Å². The fourth-order valence-corrected chi connectivity index (χ4v) is 4.11. The summed E-state index contributed by atoms with van der Waals surface area (Å²) in [6.07, 6.45) is 3.57. The summed E-state index contributed by atoms with van der Waals surface area (Å²) in [5.41, 5.74) is 0.820. The van der Waals surface area contributed by atoms with Gasteiger partial charge in [-0.05, 0) is 44.0 Å². The number of nitrogens with zero attached hydrogens (tertiary/aromatic N) is 3. The molecule has 1 aromatic heterocycles. The highest BCUT2D eigenvalue weighted by Gasteiger charge is 2.28. The summed E-state index contributed by atoms with van der Waals surface area (Å²) in [4.78, 5) is 13.4. The van der Waals surface area contributed by atoms with Crippen LogP contribution in [0.2, 0.25) is 0 Å². The second kappa shape index (κ2) is 7.66. The van der Waals surface area contributed by atoms with E-state index in [1.165, 1.54) is 28.8 Å². The first-order chi connectivity index (χ1) is 12.0. The van der Waals surface area contributed by atoms with E-state index in [1.54, 1.807) is 12.1 Å². The fraction of sp³-hybridized carbons (Fsp3) is 0.500. The lowest BCUT2D eigenvalue weighted by atomic mass is 9.99. The number of carbonyl (C=O) groups excluding carboxylic acids is 1. The van der Waals surface area contributed by atoms with Crippen LogP contribution in [0, 0.1) is 5.82 Å². The molecule has 25 heavy (non-hydrogen) atoms. The third-order valence-electron chi connectivity index (χ3n) is 4.74. The Balaban J connectivity index is 2.00. The highest BCUT2D eigenvalue weighted by molar-refractivity contribution is 8.00. The molecule has 1 aliphatic rings. The Labute approximate surface area is 151 Å². The first-order valence-corrected chi connectivity index (χ1v) is 9.56. The van der Waals surface area contributed by atoms with Gasteiger partial charge in [-0.1, -0.05) is 18.2 Å². The van der Waals surface area contributed by atoms with Gasteiger partial charge in [-0.15, -0.1) is 10.2 Å². The standard InChI is InChI=1S/C18H23FN4OS/c1-12(22(2)3)17-20-21-18(25-16-7-5-4-6-15(16)24)23(17)14-10-8-13(19)9-11-14/h8-12,16H,4-7H2,1-3H3/p+1/t12-,16+/m1/s1. The van der Waals surface area contributed by atoms with Crippen LogP contribution in [0.5, 0.6) is 0 Å². The molecule has 0 unspecified atom stereocenters. The van der Waals surface area contributed by atoms with Crippen LogP contribution in [0.25, 0.3) is 5.69 Å². The van der Waals surface area contributed by atoms with Crippen molar-refractivity contribution in [1.29, 1.82) is 0 Å². The maximum Gasteiger partial charge on any atom is 0.196 e. The van der Waals surface area contributed by atoms with E-state index in [-0.39, 0.29) is 22.9 Å². The molecular weight excluding hydrogens is 339 g/mol. The summed E-state index contributed by atoms with van der Waals surface area (Å²) in [5, 5.41) is 9.40. The van der Waals surface area contributed by atoms with Crippen molar-refractivity contribution in [3.8, 4) is 5.69 Å². The molecule has 0 saturated heterocycles. The quantitative estimate of drug-likeness (QED) is 0.885. The number of ketones is 1. The molecular formula is C18H24FN4OS+. The zero-order valence-corrected chi connectivity index (χ0v) is 15.6. The van der Waals surface area contributed by atoms with E-state index < -0.39 is 0 Å². The van der Waals surface area contributed by atoms with Gasteiger partial charge in [0.2, 0.25) is 0 Å². The number of halogens is 1. The van der Waals surface area contributed by atoms with Gasteiger partial charge >= 0.3 is 0 Å². The van der Waals surface area contributed by atoms with Crippen LogP contribution >= 0.6 is 11.8 Å². The Bertz CT molecular complexity index is 744. The molecule has 1 saturated carbocycles. The van der Waals surface area contributed by atoms with Crippen LogP contribution in [0.15, 0.2) is 29.4 Å². The number of carbonyl (C=O) groups is 1. The van der Waals surface area contributed by atoms with Crippen LogP contribution in [0.3, 0.4) is 0 Å². The molecule has 0 amide bonds. The number of aromatic nitrogens is 3. The lowest BCUT2D eigenvalue weighted by Gasteiger charge is -2.21. The van der Waals surface area contributed by atoms with Crippen LogP contribution in [0.4, 0.5) is 4.39 Å². The van der Waals surface area contributed by atoms with Crippen molar-refractivity contribution >= 4 is 17.5 Å². The first kappa shape index (κ1) is 18.1. The maximum absolute atomic E-state index is 13.3. The van der Waals surface area contributed by atoms with Crippen molar-refractivity contribution in [2.75, 3.05) is 14.1 Å². The van der Waals surface area contributed by atoms with Crippen LogP contribution in [-0.2, 0) is 4.79 Å². The molecule has 7 heteroatoms. The number of hydrogen-bond acceptors (Lipinski definition) is 4. The predicted octanol–water partition coefficient (Wildman–Crippen LogP) is 2.22. The van der Waals surface area contributed by atoms with Gasteiger partial charge in [-0.3, -0.25) is 9.36 Å². The maximum atomic E-state index is 13.3. The molecule has 1 N–H and O–H groups in total. The Kier molecular flexibility index (Phi) is 5.54. The molecule has 0 radical (unpaired) electrons. The van der Waals surface area contributed by atoms with Gasteiger partial charge in [0.05, 0.1) is 19.3 Å². The molecule has 5 nitrogen and oxygen atoms in total. The summed E-state index contributed by atoms with van der Waals surface area (Å²) in [7, 11) is 4.12. The van der Waals surface area contributed by atoms with Crippen LogP contribution in [-0.4, -0.2) is 39.9 Å². The monoisotopic (exact) mass is 363 g/mol. The van der Waals surface area contributed by atoms with E-state index in [9.17, 15) is 9.18 Å². The van der Waals surface area contributed by atoms with Gasteiger partial charge < -0.3 is 4.90 Å². The number of quaternary nitrogens is 1. The first-order valence-electron chi connectivity index (χ1n) is 8.68. The fourth-order valence-electron chi connectivity index (χ4n) is 2.93. The number of nitrogens with one attached hydrogen (secondary N) is 1. The Morgan fingerprint density at radius 1 is 1.24 bits per heavy atom. The average molecular weight is 363 g/mol. The lowest BCUT2D eigenvalue weighted by Crippen LogP contribution is -3.05. The molecule has 134 valence electrons. The number of thioether (sulfide) groups is 1. The van der Waals surface area contributed by atoms with E-state index in [0.717, 1.165) is 30.8 Å². The molecule has 3 rings (SSSR count). The Morgan fingerprint density at radius 3 is 2.60 bits per heavy atom. The van der Waals surface area contributed by atoms with Crippen molar-refractivity contribution in [1.82, 2.24) is 14.8 Å². The van der Waals surface area contributed by atoms with Gasteiger partial charge in [0.15, 0.2) is 11.0 Å². The third-order valence-corrected chi connectivity index (χ3v) is 6.00. The largest absolute Gasteiger partial charge is 0.331 e. The van der Waals surface area contributed by atoms with Crippen molar-refractivity contribution < 1.29 is 14.1 Å². The van der Waals surface area contributed by atoms with E-state index in [1.807, 2.05) is 4.57 Å². The minimum absolute atomic E-state index is 0.0630. The van der Waals surface area contributed by atoms with Gasteiger partial charge in [0, 0.05) is 12.1 Å². The van der Waals surface area contributed by atoms with Gasteiger partial charge in [-0.2, -0.15) is 0 Å². The topological polar surface area (TPSA) is 52.2 Å². The summed E-state index contributed by atoms with van der Waals surface area (Å²) < 4.78 is 15.3. The zero-order valence-electron chi connectivity index (χ0n) is 14.8. The molecule has 1 aromatic carbocycles. The summed E-state index contributed by atoms with van der Waals surface area (Å²) in [6, 6.07) is 6.45. The van der Waals surface area contributed by atoms with E-state index >= 15 is 0 Å². The number of rotatable bonds is 5. The highest BCUT2D eigenvalue weighted by atomic mass is 32.2. The normalized spacial score (nSPS) is 19.4. The van der Waals surface area contributed by atoms with E-state index in [2.05, 4.69) is 31.2 Å². The van der Waals surface area contributed by atoms with Crippen molar-refractivity contribution in [3.05, 3.63) is 35.9 Å². The van der Waals surface area contributed by atoms with Crippen molar-refractivity contribution in [2.24, 2.45) is 0 Å². The Morgan fingerprint density at radius 2 is 1.96 bits per heavy atom. The second-order valence-corrected chi connectivity index (χ2v) is 7.94. The van der Waals surface area contributed by atoms with Crippen LogP contribution in [0.1, 0.15) is 44.5 Å². The molecule has 1 heterocycles. The molecule has 1 aliphatic carbocycles. The minimum Gasteiger partial charge on any atom is -0.331 e. The highest BCUT2D eigenvalue weighted by Crippen LogP contribution is 2.33. The van der Waals surface area contributed by atoms with Gasteiger partial charge in [-0.25, -0.2) is 4.39 Å². The predicted molar refractivity (Wildman–Crippen MR) is 95.7 cm³/mol. The number of Topliss-reactive ketones (excluding diaryl/α,β-unsaturated/α-hetero) is 1. The number of hydrogen-bond donors (Lipinski definition) is 1. The molecule has 2 aromatic rings. The van der Waals surface area contributed by atoms with Gasteiger partial charge in [0.25, 0.3) is 0 Å². The lowest BCUT2D eigenvalue weighted by molar-refractivity contribution is -0.890. The summed E-state index contributed by atoms with van der Waals surface area (Å²) in [6.45, 7) is 2.08. The molecule has 1 fully saturated rings. The number of benzene rings is 1. The second-order valence-electron chi connectivity index (χ2n) is 6.77. The van der Waals surface area contributed by atoms with Crippen molar-refractivity contribution in [2.45, 2.75) is 49.1 Å². The van der Waals surface area contributed by atoms with Crippen LogP contribution < -0.4 is 4.90 Å². The summed E-state index contributed by atoms with van der Waals surface area (Å²) >= 11 is 1.49. The van der Waals surface area contributed by atoms with Gasteiger partial charge in [0.1, 0.15) is 17.6 Å². The van der Waals surface area contributed by atoms with Crippen molar-refractivity contribution in [3.63, 3.8) is 0 Å². The zero-order chi connectivity index (χ0) is 18.0. The molecule has 0 aliphatic heterocycles. The Hall–Kier alpha value is -1.73. The molecule has 0 bridgehead atoms. The third kappa shape index (κ3) is 3.93. The molecule has 0 spiro atoms. The SMILES string of the molecule is C[C@H](c1nnc(S[C@H]2CCCCC2=O)n1-c1ccc(F)cc1)[NH+](C)C. The smallest absolute Gasteiger partial charge is 0.196 e. The minimum atomic E-state index is -0.277. The molecule has 2 atom stereocenters.